The number of amides is 1. The maximum Gasteiger partial charge on any atom is 0.407 e. The Kier molecular flexibility index (Phi) is 9.73. The van der Waals surface area contributed by atoms with E-state index >= 15 is 0 Å². The van der Waals surface area contributed by atoms with Crippen molar-refractivity contribution in [1.29, 1.82) is 0 Å². The van der Waals surface area contributed by atoms with Crippen LogP contribution in [-0.4, -0.2) is 31.8 Å². The molecule has 0 radical (unpaired) electrons. The number of methoxy groups -OCH3 is 1. The number of hydrogen-bond donors (Lipinski definition) is 1. The number of alkyl carbamates (subject to hydrolysis) is 1. The molecule has 18 heavy (non-hydrogen) atoms. The second kappa shape index (κ2) is 10.6. The zero-order valence-electron chi connectivity index (χ0n) is 11.2. The summed E-state index contributed by atoms with van der Waals surface area (Å²) in [6.45, 7) is 5.91. The first-order valence-corrected chi connectivity index (χ1v) is 6.27. The maximum absolute atomic E-state index is 11.4. The molecule has 0 heterocycles. The van der Waals surface area contributed by atoms with Crippen molar-refractivity contribution in [2.75, 3.05) is 13.7 Å². The van der Waals surface area contributed by atoms with Crippen molar-refractivity contribution in [3.63, 3.8) is 0 Å². The van der Waals surface area contributed by atoms with E-state index in [2.05, 4.69) is 16.6 Å². The lowest BCUT2D eigenvalue weighted by Crippen LogP contribution is -2.41. The van der Waals surface area contributed by atoms with E-state index in [1.807, 2.05) is 6.92 Å². The van der Waals surface area contributed by atoms with E-state index in [0.717, 1.165) is 25.7 Å². The number of allylic oxidation sites excluding steroid dienone is 1. The second-order valence-corrected chi connectivity index (χ2v) is 3.93. The van der Waals surface area contributed by atoms with Crippen LogP contribution >= 0.6 is 0 Å². The smallest absolute Gasteiger partial charge is 0.407 e. The molecule has 0 saturated carbocycles. The van der Waals surface area contributed by atoms with Crippen molar-refractivity contribution in [3.8, 4) is 0 Å². The van der Waals surface area contributed by atoms with Crippen molar-refractivity contribution >= 4 is 12.1 Å². The van der Waals surface area contributed by atoms with Crippen LogP contribution in [0.5, 0.6) is 0 Å². The van der Waals surface area contributed by atoms with Crippen LogP contribution in [0.4, 0.5) is 4.79 Å². The van der Waals surface area contributed by atoms with Gasteiger partial charge < -0.3 is 14.8 Å². The Bertz CT molecular complexity index is 266. The van der Waals surface area contributed by atoms with E-state index in [-0.39, 0.29) is 0 Å². The quantitative estimate of drug-likeness (QED) is 0.391. The van der Waals surface area contributed by atoms with Gasteiger partial charge in [-0.25, -0.2) is 9.59 Å². The molecule has 0 aliphatic carbocycles. The van der Waals surface area contributed by atoms with Gasteiger partial charge in [-0.15, -0.1) is 6.58 Å². The number of hydrogen-bond acceptors (Lipinski definition) is 4. The topological polar surface area (TPSA) is 64.6 Å². The van der Waals surface area contributed by atoms with Crippen LogP contribution in [-0.2, 0) is 14.3 Å². The minimum absolute atomic E-state index is 0.319. The van der Waals surface area contributed by atoms with Crippen LogP contribution in [0.25, 0.3) is 0 Å². The molecule has 0 spiro atoms. The lowest BCUT2D eigenvalue weighted by atomic mass is 10.1. The van der Waals surface area contributed by atoms with Crippen LogP contribution in [0.3, 0.4) is 0 Å². The van der Waals surface area contributed by atoms with Crippen LogP contribution in [0.15, 0.2) is 12.7 Å². The van der Waals surface area contributed by atoms with Gasteiger partial charge in [-0.3, -0.25) is 0 Å². The third kappa shape index (κ3) is 7.70. The summed E-state index contributed by atoms with van der Waals surface area (Å²) in [5.41, 5.74) is 0. The second-order valence-electron chi connectivity index (χ2n) is 3.93. The van der Waals surface area contributed by atoms with Crippen molar-refractivity contribution < 1.29 is 19.1 Å². The lowest BCUT2D eigenvalue weighted by Gasteiger charge is -2.15. The molecule has 0 bridgehead atoms. The number of ether oxygens (including phenoxy) is 2. The summed E-state index contributed by atoms with van der Waals surface area (Å²) in [5, 5.41) is 2.52. The number of carbonyl (C=O) groups excluding carboxylic acids is 2. The molecule has 0 aliphatic rings. The standard InChI is InChI=1S/C13H23NO4/c1-4-6-8-10-18-13(16)14-11(9-7-5-2)12(15)17-3/h4,11H,1,5-10H2,2-3H3,(H,14,16)/t11-/m1/s1. The fourth-order valence-electron chi connectivity index (χ4n) is 1.38. The lowest BCUT2D eigenvalue weighted by molar-refractivity contribution is -0.143. The van der Waals surface area contributed by atoms with Crippen LogP contribution < -0.4 is 5.32 Å². The molecule has 0 unspecified atom stereocenters. The van der Waals surface area contributed by atoms with E-state index in [9.17, 15) is 9.59 Å². The van der Waals surface area contributed by atoms with Gasteiger partial charge >= 0.3 is 12.1 Å². The first kappa shape index (κ1) is 16.5. The largest absolute Gasteiger partial charge is 0.467 e. The molecule has 1 atom stereocenters. The normalized spacial score (nSPS) is 11.4. The molecule has 5 nitrogen and oxygen atoms in total. The highest BCUT2D eigenvalue weighted by molar-refractivity contribution is 5.81. The van der Waals surface area contributed by atoms with Gasteiger partial charge in [0.2, 0.25) is 0 Å². The van der Waals surface area contributed by atoms with Crippen LogP contribution in [0, 0.1) is 0 Å². The first-order valence-electron chi connectivity index (χ1n) is 6.27. The monoisotopic (exact) mass is 257 g/mol. The Hall–Kier alpha value is -1.52. The van der Waals surface area contributed by atoms with Gasteiger partial charge in [0, 0.05) is 0 Å². The molecule has 1 N–H and O–H groups in total. The molecular weight excluding hydrogens is 234 g/mol. The summed E-state index contributed by atoms with van der Waals surface area (Å²) < 4.78 is 9.57. The summed E-state index contributed by atoms with van der Waals surface area (Å²) in [5.74, 6) is -0.438. The maximum atomic E-state index is 11.4. The highest BCUT2D eigenvalue weighted by Crippen LogP contribution is 2.03. The van der Waals surface area contributed by atoms with Gasteiger partial charge in [-0.05, 0) is 19.3 Å². The number of nitrogens with one attached hydrogen (secondary N) is 1. The number of unbranched alkanes of at least 4 members (excludes halogenated alkanes) is 2. The molecule has 0 aromatic heterocycles. The molecular formula is C13H23NO4. The molecule has 0 aromatic carbocycles. The predicted octanol–water partition coefficient (Wildman–Crippen LogP) is 2.41. The molecule has 104 valence electrons. The molecule has 0 aromatic rings. The summed E-state index contributed by atoms with van der Waals surface area (Å²) in [6.07, 6.45) is 5.06. The van der Waals surface area contributed by atoms with Crippen molar-refractivity contribution in [3.05, 3.63) is 12.7 Å². The van der Waals surface area contributed by atoms with Gasteiger partial charge in [-0.1, -0.05) is 25.8 Å². The van der Waals surface area contributed by atoms with Gasteiger partial charge in [0.05, 0.1) is 13.7 Å². The highest BCUT2D eigenvalue weighted by Gasteiger charge is 2.21. The van der Waals surface area contributed by atoms with E-state index in [1.54, 1.807) is 6.08 Å². The SMILES string of the molecule is C=CCCCOC(=O)N[C@H](CCCC)C(=O)OC. The van der Waals surface area contributed by atoms with E-state index in [1.165, 1.54) is 7.11 Å². The van der Waals surface area contributed by atoms with E-state index in [4.69, 9.17) is 4.74 Å². The van der Waals surface area contributed by atoms with Gasteiger partial charge in [0.15, 0.2) is 0 Å². The van der Waals surface area contributed by atoms with E-state index < -0.39 is 18.1 Å². The van der Waals surface area contributed by atoms with Gasteiger partial charge in [-0.2, -0.15) is 0 Å². The summed E-state index contributed by atoms with van der Waals surface area (Å²) in [4.78, 5) is 22.9. The Morgan fingerprint density at radius 1 is 1.39 bits per heavy atom. The zero-order chi connectivity index (χ0) is 13.8. The zero-order valence-corrected chi connectivity index (χ0v) is 11.2. The van der Waals surface area contributed by atoms with Crippen molar-refractivity contribution in [1.82, 2.24) is 5.32 Å². The Labute approximate surface area is 109 Å². The minimum atomic E-state index is -0.623. The summed E-state index contributed by atoms with van der Waals surface area (Å²) in [6, 6.07) is -0.623. The molecule has 0 saturated heterocycles. The van der Waals surface area contributed by atoms with Crippen molar-refractivity contribution in [2.24, 2.45) is 0 Å². The Balaban J connectivity index is 4.01. The number of carbonyl (C=O) groups is 2. The summed E-state index contributed by atoms with van der Waals surface area (Å²) >= 11 is 0. The molecule has 0 fully saturated rings. The Morgan fingerprint density at radius 3 is 2.67 bits per heavy atom. The number of esters is 1. The molecule has 0 rings (SSSR count). The first-order chi connectivity index (χ1) is 8.65. The minimum Gasteiger partial charge on any atom is -0.467 e. The predicted molar refractivity (Wildman–Crippen MR) is 69.2 cm³/mol. The molecule has 1 amide bonds. The van der Waals surface area contributed by atoms with E-state index in [0.29, 0.717) is 13.0 Å². The molecule has 0 aliphatic heterocycles. The fourth-order valence-corrected chi connectivity index (χ4v) is 1.38. The van der Waals surface area contributed by atoms with Crippen molar-refractivity contribution in [2.45, 2.75) is 45.1 Å². The van der Waals surface area contributed by atoms with Gasteiger partial charge in [0.25, 0.3) is 0 Å². The summed E-state index contributed by atoms with van der Waals surface area (Å²) in [7, 11) is 1.30. The average molecular weight is 257 g/mol. The fraction of sp³-hybridized carbons (Fsp3) is 0.692. The highest BCUT2D eigenvalue weighted by atomic mass is 16.6. The average Bonchev–Trinajstić information content (AvgIpc) is 2.38. The molecule has 5 heteroatoms. The third-order valence-electron chi connectivity index (χ3n) is 2.41. The van der Waals surface area contributed by atoms with Crippen LogP contribution in [0.1, 0.15) is 39.0 Å². The Morgan fingerprint density at radius 2 is 2.11 bits per heavy atom. The third-order valence-corrected chi connectivity index (χ3v) is 2.41. The number of rotatable bonds is 9. The van der Waals surface area contributed by atoms with Crippen LogP contribution in [0.2, 0.25) is 0 Å². The van der Waals surface area contributed by atoms with Gasteiger partial charge in [0.1, 0.15) is 6.04 Å².